The lowest BCUT2D eigenvalue weighted by Gasteiger charge is -2.32. The van der Waals surface area contributed by atoms with Gasteiger partial charge in [-0.25, -0.2) is 0 Å². The van der Waals surface area contributed by atoms with Crippen LogP contribution in [0.15, 0.2) is 0 Å². The smallest absolute Gasteiger partial charge is 0.309 e. The molecule has 12 nitrogen and oxygen atoms in total. The van der Waals surface area contributed by atoms with Gasteiger partial charge in [-0.1, -0.05) is 6.92 Å². The van der Waals surface area contributed by atoms with Crippen LogP contribution in [0.4, 0.5) is 0 Å². The summed E-state index contributed by atoms with van der Waals surface area (Å²) < 4.78 is 51.8. The van der Waals surface area contributed by atoms with E-state index in [0.717, 1.165) is 57.8 Å². The van der Waals surface area contributed by atoms with Crippen molar-refractivity contribution in [2.45, 2.75) is 127 Å². The highest BCUT2D eigenvalue weighted by Gasteiger charge is 2.58. The van der Waals surface area contributed by atoms with Gasteiger partial charge in [0.2, 0.25) is 0 Å². The van der Waals surface area contributed by atoms with Gasteiger partial charge in [0.15, 0.2) is 0 Å². The molecule has 3 saturated heterocycles. The molecule has 6 fully saturated rings. The molecular formula is C36H56O12. The number of rotatable bonds is 19. The van der Waals surface area contributed by atoms with Crippen LogP contribution < -0.4 is 0 Å². The summed E-state index contributed by atoms with van der Waals surface area (Å²) in [5.41, 5.74) is -0.609. The van der Waals surface area contributed by atoms with Gasteiger partial charge in [-0.15, -0.1) is 0 Å². The topological polar surface area (TPSA) is 144 Å². The highest BCUT2D eigenvalue weighted by molar-refractivity contribution is 5.73. The average molecular weight is 681 g/mol. The average Bonchev–Trinajstić information content (AvgIpc) is 4.01. The fraction of sp³-hybridized carbons (Fsp3) is 0.917. The zero-order valence-corrected chi connectivity index (χ0v) is 29.3. The second kappa shape index (κ2) is 14.8. The molecule has 6 rings (SSSR count). The standard InChI is InChI=1S/C36H56O12/c1-5-36(21-40-12-15-43-30(37)24-6-9-33(2)27(18-24)46-33,22-41-13-16-44-31(38)25-7-10-34(3)28(19-25)47-34)23-42-14-17-45-32(39)26-8-11-35(4)29(20-26)48-35/h24-29H,5-23H2,1-4H3. The molecule has 0 bridgehead atoms. The van der Waals surface area contributed by atoms with Crippen molar-refractivity contribution in [2.75, 3.05) is 59.5 Å². The summed E-state index contributed by atoms with van der Waals surface area (Å²) in [4.78, 5) is 37.8. The zero-order valence-electron chi connectivity index (χ0n) is 29.3. The van der Waals surface area contributed by atoms with E-state index in [9.17, 15) is 14.4 Å². The largest absolute Gasteiger partial charge is 0.463 e. The van der Waals surface area contributed by atoms with Crippen molar-refractivity contribution < 1.29 is 57.0 Å². The molecule has 0 amide bonds. The van der Waals surface area contributed by atoms with Crippen LogP contribution in [-0.2, 0) is 57.0 Å². The lowest BCUT2D eigenvalue weighted by atomic mass is 9.83. The maximum atomic E-state index is 12.6. The first-order valence-electron chi connectivity index (χ1n) is 18.2. The summed E-state index contributed by atoms with van der Waals surface area (Å²) in [6.07, 6.45) is 8.38. The number of epoxide rings is 3. The van der Waals surface area contributed by atoms with Crippen LogP contribution in [0.1, 0.15) is 91.9 Å². The summed E-state index contributed by atoms with van der Waals surface area (Å²) in [6, 6.07) is 0. The Bertz CT molecular complexity index is 1030. The maximum Gasteiger partial charge on any atom is 0.309 e. The third kappa shape index (κ3) is 8.72. The molecule has 48 heavy (non-hydrogen) atoms. The van der Waals surface area contributed by atoms with Gasteiger partial charge in [-0.05, 0) is 85.0 Å². The van der Waals surface area contributed by atoms with Gasteiger partial charge in [0.1, 0.15) is 19.8 Å². The summed E-state index contributed by atoms with van der Waals surface area (Å²) in [7, 11) is 0. The van der Waals surface area contributed by atoms with Crippen LogP contribution in [0.2, 0.25) is 0 Å². The number of carbonyl (C=O) groups is 3. The Morgan fingerprint density at radius 3 is 1.15 bits per heavy atom. The second-order valence-corrected chi connectivity index (χ2v) is 15.7. The van der Waals surface area contributed by atoms with E-state index in [1.54, 1.807) is 0 Å². The van der Waals surface area contributed by atoms with E-state index >= 15 is 0 Å². The van der Waals surface area contributed by atoms with Gasteiger partial charge in [-0.3, -0.25) is 14.4 Å². The Labute approximate surface area is 284 Å². The van der Waals surface area contributed by atoms with Crippen LogP contribution in [0.25, 0.3) is 0 Å². The Hall–Kier alpha value is -1.83. The normalized spacial score (nSPS) is 38.8. The van der Waals surface area contributed by atoms with Crippen LogP contribution in [0.3, 0.4) is 0 Å². The summed E-state index contributed by atoms with van der Waals surface area (Å²) >= 11 is 0. The first-order chi connectivity index (χ1) is 23.0. The lowest BCUT2D eigenvalue weighted by molar-refractivity contribution is -0.153. The van der Waals surface area contributed by atoms with Gasteiger partial charge >= 0.3 is 17.9 Å². The van der Waals surface area contributed by atoms with Gasteiger partial charge in [-0.2, -0.15) is 0 Å². The first kappa shape index (κ1) is 36.0. The minimum Gasteiger partial charge on any atom is -0.463 e. The van der Waals surface area contributed by atoms with Crippen molar-refractivity contribution in [3.8, 4) is 0 Å². The van der Waals surface area contributed by atoms with E-state index in [2.05, 4.69) is 20.8 Å². The highest BCUT2D eigenvalue weighted by Crippen LogP contribution is 2.51. The first-order valence-corrected chi connectivity index (χ1v) is 18.2. The molecule has 3 saturated carbocycles. The van der Waals surface area contributed by atoms with E-state index < -0.39 is 5.41 Å². The molecule has 0 aromatic carbocycles. The molecule has 0 N–H and O–H groups in total. The van der Waals surface area contributed by atoms with Gasteiger partial charge < -0.3 is 42.6 Å². The van der Waals surface area contributed by atoms with Crippen molar-refractivity contribution in [1.29, 1.82) is 0 Å². The number of fused-ring (bicyclic) bond motifs is 3. The molecule has 0 radical (unpaired) electrons. The fourth-order valence-corrected chi connectivity index (χ4v) is 7.83. The molecule has 272 valence electrons. The van der Waals surface area contributed by atoms with E-state index in [4.69, 9.17) is 42.6 Å². The minimum atomic E-state index is -0.497. The van der Waals surface area contributed by atoms with E-state index in [1.165, 1.54) is 0 Å². The van der Waals surface area contributed by atoms with Crippen LogP contribution in [-0.4, -0.2) is 112 Å². The number of ether oxygens (including phenoxy) is 9. The number of hydrogen-bond acceptors (Lipinski definition) is 12. The molecule has 3 aliphatic heterocycles. The van der Waals surface area contributed by atoms with Gasteiger partial charge in [0.25, 0.3) is 0 Å². The van der Waals surface area contributed by atoms with Crippen LogP contribution in [0.5, 0.6) is 0 Å². The number of hydrogen-bond donors (Lipinski definition) is 0. The number of carbonyl (C=O) groups excluding carboxylic acids is 3. The Balaban J connectivity index is 0.897. The van der Waals surface area contributed by atoms with E-state index in [-0.39, 0.29) is 110 Å². The van der Waals surface area contributed by atoms with Crippen LogP contribution >= 0.6 is 0 Å². The predicted octanol–water partition coefficient (Wildman–Crippen LogP) is 3.94. The summed E-state index contributed by atoms with van der Waals surface area (Å²) in [6.45, 7) is 10.6. The van der Waals surface area contributed by atoms with E-state index in [0.29, 0.717) is 26.2 Å². The van der Waals surface area contributed by atoms with Gasteiger partial charge in [0, 0.05) is 5.41 Å². The third-order valence-electron chi connectivity index (χ3n) is 12.0. The number of esters is 3. The Morgan fingerprint density at radius 2 is 0.875 bits per heavy atom. The molecule has 0 spiro atoms. The van der Waals surface area contributed by atoms with Crippen molar-refractivity contribution in [1.82, 2.24) is 0 Å². The zero-order chi connectivity index (χ0) is 34.0. The second-order valence-electron chi connectivity index (χ2n) is 15.7. The Kier molecular flexibility index (Phi) is 11.1. The lowest BCUT2D eigenvalue weighted by Crippen LogP contribution is -2.38. The summed E-state index contributed by atoms with van der Waals surface area (Å²) in [5, 5.41) is 0. The molecule has 0 aromatic rings. The SMILES string of the molecule is CCC(COCCOC(=O)C1CCC2(C)OC2C1)(COCCOC(=O)C1CCC2(C)OC2C1)COCCOC(=O)C1CCC2(C)OC2C1. The third-order valence-corrected chi connectivity index (χ3v) is 12.0. The molecule has 0 aromatic heterocycles. The molecule has 6 aliphatic rings. The molecule has 9 atom stereocenters. The van der Waals surface area contributed by atoms with Crippen molar-refractivity contribution in [3.63, 3.8) is 0 Å². The quantitative estimate of drug-likeness (QED) is 0.0844. The van der Waals surface area contributed by atoms with Gasteiger partial charge in [0.05, 0.1) is 92.5 Å². The molecule has 9 unspecified atom stereocenters. The van der Waals surface area contributed by atoms with Crippen molar-refractivity contribution in [3.05, 3.63) is 0 Å². The molecular weight excluding hydrogens is 624 g/mol. The Morgan fingerprint density at radius 1 is 0.562 bits per heavy atom. The minimum absolute atomic E-state index is 0.0375. The summed E-state index contributed by atoms with van der Waals surface area (Å²) in [5.74, 6) is -0.921. The van der Waals surface area contributed by atoms with Crippen molar-refractivity contribution >= 4 is 17.9 Å². The maximum absolute atomic E-state index is 12.6. The highest BCUT2D eigenvalue weighted by atomic mass is 16.6. The monoisotopic (exact) mass is 680 g/mol. The fourth-order valence-electron chi connectivity index (χ4n) is 7.83. The van der Waals surface area contributed by atoms with Crippen molar-refractivity contribution in [2.24, 2.45) is 23.2 Å². The van der Waals surface area contributed by atoms with E-state index in [1.807, 2.05) is 6.92 Å². The molecule has 3 aliphatic carbocycles. The molecule has 3 heterocycles. The molecule has 12 heteroatoms. The van der Waals surface area contributed by atoms with Crippen LogP contribution in [0, 0.1) is 23.2 Å². The predicted molar refractivity (Wildman–Crippen MR) is 170 cm³/mol.